The molecular formula is C21H17FN4O2. The van der Waals surface area contributed by atoms with Gasteiger partial charge in [0.25, 0.3) is 0 Å². The Morgan fingerprint density at radius 3 is 2.57 bits per heavy atom. The average Bonchev–Trinajstić information content (AvgIpc) is 3.16. The maximum absolute atomic E-state index is 13.1. The zero-order valence-corrected chi connectivity index (χ0v) is 14.9. The van der Waals surface area contributed by atoms with Gasteiger partial charge in [-0.05, 0) is 29.3 Å². The summed E-state index contributed by atoms with van der Waals surface area (Å²) in [6.07, 6.45) is 3.63. The van der Waals surface area contributed by atoms with E-state index in [4.69, 9.17) is 15.0 Å². The standard InChI is InChI=1S/C21H17FN4O2/c22-16-7-9-24-20(11-16)27-13-15-5-3-14(4-6-15)10-17-12-19(28-26-17)18-2-1-8-25-21(18)23/h1-9,11-12H,10,13H2,(H2,23,25). The zero-order chi connectivity index (χ0) is 19.3. The number of aromatic nitrogens is 3. The van der Waals surface area contributed by atoms with Crippen LogP contribution in [0.5, 0.6) is 5.88 Å². The van der Waals surface area contributed by atoms with E-state index in [2.05, 4.69) is 15.1 Å². The first-order valence-corrected chi connectivity index (χ1v) is 8.66. The fourth-order valence-corrected chi connectivity index (χ4v) is 2.73. The smallest absolute Gasteiger partial charge is 0.216 e. The molecule has 1 aromatic carbocycles. The third-order valence-electron chi connectivity index (χ3n) is 4.15. The molecule has 0 amide bonds. The molecule has 4 rings (SSSR count). The third-order valence-corrected chi connectivity index (χ3v) is 4.15. The minimum atomic E-state index is -0.375. The largest absolute Gasteiger partial charge is 0.473 e. The number of rotatable bonds is 6. The molecule has 0 radical (unpaired) electrons. The van der Waals surface area contributed by atoms with Crippen LogP contribution in [0.1, 0.15) is 16.8 Å². The minimum Gasteiger partial charge on any atom is -0.473 e. The van der Waals surface area contributed by atoms with Crippen molar-refractivity contribution in [3.8, 4) is 17.2 Å². The quantitative estimate of drug-likeness (QED) is 0.547. The lowest BCUT2D eigenvalue weighted by atomic mass is 10.1. The van der Waals surface area contributed by atoms with Crippen molar-refractivity contribution in [2.24, 2.45) is 0 Å². The molecule has 0 saturated carbocycles. The van der Waals surface area contributed by atoms with Gasteiger partial charge in [0.05, 0.1) is 11.3 Å². The first-order chi connectivity index (χ1) is 13.7. The summed E-state index contributed by atoms with van der Waals surface area (Å²) in [6, 6.07) is 15.9. The van der Waals surface area contributed by atoms with Crippen LogP contribution in [-0.2, 0) is 13.0 Å². The van der Waals surface area contributed by atoms with E-state index in [-0.39, 0.29) is 11.7 Å². The molecule has 7 heteroatoms. The van der Waals surface area contributed by atoms with Crippen LogP contribution in [0.25, 0.3) is 11.3 Å². The first kappa shape index (κ1) is 17.7. The average molecular weight is 376 g/mol. The van der Waals surface area contributed by atoms with Crippen molar-refractivity contribution in [1.29, 1.82) is 0 Å². The molecule has 0 bridgehead atoms. The number of pyridine rings is 2. The Bertz CT molecular complexity index is 1080. The predicted octanol–water partition coefficient (Wildman–Crippen LogP) is 4.02. The highest BCUT2D eigenvalue weighted by Gasteiger charge is 2.10. The lowest BCUT2D eigenvalue weighted by Crippen LogP contribution is -1.98. The van der Waals surface area contributed by atoms with Gasteiger partial charge in [-0.2, -0.15) is 0 Å². The molecule has 2 N–H and O–H groups in total. The lowest BCUT2D eigenvalue weighted by Gasteiger charge is -2.06. The molecule has 0 aliphatic rings. The molecular weight excluding hydrogens is 359 g/mol. The van der Waals surface area contributed by atoms with Gasteiger partial charge in [0, 0.05) is 30.9 Å². The molecule has 6 nitrogen and oxygen atoms in total. The fourth-order valence-electron chi connectivity index (χ4n) is 2.73. The SMILES string of the molecule is Nc1ncccc1-c1cc(Cc2ccc(COc3cc(F)ccn3)cc2)no1. The molecule has 4 aromatic rings. The van der Waals surface area contributed by atoms with E-state index in [0.717, 1.165) is 22.4 Å². The summed E-state index contributed by atoms with van der Waals surface area (Å²) >= 11 is 0. The van der Waals surface area contributed by atoms with Gasteiger partial charge in [0.2, 0.25) is 5.88 Å². The van der Waals surface area contributed by atoms with E-state index in [9.17, 15) is 4.39 Å². The fraction of sp³-hybridized carbons (Fsp3) is 0.0952. The van der Waals surface area contributed by atoms with E-state index in [1.54, 1.807) is 12.3 Å². The van der Waals surface area contributed by atoms with Crippen LogP contribution >= 0.6 is 0 Å². The zero-order valence-electron chi connectivity index (χ0n) is 14.9. The molecule has 0 fully saturated rings. The van der Waals surface area contributed by atoms with Crippen molar-refractivity contribution in [2.75, 3.05) is 5.73 Å². The molecule has 3 aromatic heterocycles. The number of ether oxygens (including phenoxy) is 1. The normalized spacial score (nSPS) is 10.8. The van der Waals surface area contributed by atoms with Gasteiger partial charge in [-0.3, -0.25) is 0 Å². The number of anilines is 1. The number of hydrogen-bond acceptors (Lipinski definition) is 6. The highest BCUT2D eigenvalue weighted by atomic mass is 19.1. The summed E-state index contributed by atoms with van der Waals surface area (Å²) in [6.45, 7) is 0.311. The van der Waals surface area contributed by atoms with E-state index in [1.807, 2.05) is 36.4 Å². The summed E-state index contributed by atoms with van der Waals surface area (Å²) in [5.41, 5.74) is 9.43. The number of hydrogen-bond donors (Lipinski definition) is 1. The summed E-state index contributed by atoms with van der Waals surface area (Å²) in [5, 5.41) is 4.11. The lowest BCUT2D eigenvalue weighted by molar-refractivity contribution is 0.292. The van der Waals surface area contributed by atoms with Crippen LogP contribution < -0.4 is 10.5 Å². The topological polar surface area (TPSA) is 87.1 Å². The molecule has 0 atom stereocenters. The number of nitrogen functional groups attached to an aromatic ring is 1. The number of nitrogens with two attached hydrogens (primary N) is 1. The highest BCUT2D eigenvalue weighted by molar-refractivity contribution is 5.69. The molecule has 0 unspecified atom stereocenters. The molecule has 3 heterocycles. The van der Waals surface area contributed by atoms with Crippen molar-refractivity contribution < 1.29 is 13.7 Å². The maximum Gasteiger partial charge on any atom is 0.216 e. The Morgan fingerprint density at radius 1 is 0.964 bits per heavy atom. The second-order valence-electron chi connectivity index (χ2n) is 6.21. The Balaban J connectivity index is 1.39. The van der Waals surface area contributed by atoms with Crippen LogP contribution in [0, 0.1) is 5.82 Å². The van der Waals surface area contributed by atoms with Gasteiger partial charge in [-0.25, -0.2) is 14.4 Å². The van der Waals surface area contributed by atoms with Crippen LogP contribution in [0.2, 0.25) is 0 Å². The third kappa shape index (κ3) is 4.15. The summed E-state index contributed by atoms with van der Waals surface area (Å²) in [7, 11) is 0. The molecule has 28 heavy (non-hydrogen) atoms. The van der Waals surface area contributed by atoms with Gasteiger partial charge in [0.15, 0.2) is 5.76 Å². The Morgan fingerprint density at radius 2 is 1.79 bits per heavy atom. The second-order valence-corrected chi connectivity index (χ2v) is 6.21. The monoisotopic (exact) mass is 376 g/mol. The summed E-state index contributed by atoms with van der Waals surface area (Å²) in [5.74, 6) is 0.879. The second kappa shape index (κ2) is 7.87. The maximum atomic E-state index is 13.1. The van der Waals surface area contributed by atoms with Crippen LogP contribution in [-0.4, -0.2) is 15.1 Å². The Kier molecular flexibility index (Phi) is 4.97. The Hall–Kier alpha value is -3.74. The van der Waals surface area contributed by atoms with Crippen LogP contribution in [0.15, 0.2) is 71.5 Å². The first-order valence-electron chi connectivity index (χ1n) is 8.66. The highest BCUT2D eigenvalue weighted by Crippen LogP contribution is 2.25. The molecule has 0 aliphatic heterocycles. The van der Waals surface area contributed by atoms with Gasteiger partial charge in [-0.1, -0.05) is 29.4 Å². The van der Waals surface area contributed by atoms with Crippen LogP contribution in [0.4, 0.5) is 10.2 Å². The van der Waals surface area contributed by atoms with Crippen molar-refractivity contribution in [3.05, 3.63) is 89.6 Å². The van der Waals surface area contributed by atoms with E-state index < -0.39 is 0 Å². The van der Waals surface area contributed by atoms with E-state index >= 15 is 0 Å². The summed E-state index contributed by atoms with van der Waals surface area (Å²) < 4.78 is 24.0. The van der Waals surface area contributed by atoms with E-state index in [0.29, 0.717) is 24.6 Å². The molecule has 0 saturated heterocycles. The number of benzene rings is 1. The number of halogens is 1. The van der Waals surface area contributed by atoms with E-state index in [1.165, 1.54) is 18.3 Å². The van der Waals surface area contributed by atoms with Crippen molar-refractivity contribution >= 4 is 5.82 Å². The molecule has 0 aliphatic carbocycles. The predicted molar refractivity (Wildman–Crippen MR) is 102 cm³/mol. The van der Waals surface area contributed by atoms with Crippen LogP contribution in [0.3, 0.4) is 0 Å². The van der Waals surface area contributed by atoms with Crippen molar-refractivity contribution in [1.82, 2.24) is 15.1 Å². The molecule has 0 spiro atoms. The van der Waals surface area contributed by atoms with Crippen molar-refractivity contribution in [2.45, 2.75) is 13.0 Å². The van der Waals surface area contributed by atoms with Gasteiger partial charge >= 0.3 is 0 Å². The summed E-state index contributed by atoms with van der Waals surface area (Å²) in [4.78, 5) is 8.02. The van der Waals surface area contributed by atoms with Gasteiger partial charge in [-0.15, -0.1) is 0 Å². The minimum absolute atomic E-state index is 0.258. The van der Waals surface area contributed by atoms with Gasteiger partial charge < -0.3 is 15.0 Å². The Labute approximate surface area is 160 Å². The molecule has 140 valence electrons. The number of nitrogens with zero attached hydrogens (tertiary/aromatic N) is 3. The van der Waals surface area contributed by atoms with Gasteiger partial charge in [0.1, 0.15) is 18.2 Å². The van der Waals surface area contributed by atoms with Crippen molar-refractivity contribution in [3.63, 3.8) is 0 Å².